The molecule has 1 aliphatic rings. The Labute approximate surface area is 153 Å². The third-order valence-corrected chi connectivity index (χ3v) is 4.38. The van der Waals surface area contributed by atoms with Crippen LogP contribution in [0.1, 0.15) is 25.5 Å². The topological polar surface area (TPSA) is 73.5 Å². The summed E-state index contributed by atoms with van der Waals surface area (Å²) < 4.78 is 0. The fourth-order valence-electron chi connectivity index (χ4n) is 3.07. The fraction of sp³-hybridized carbons (Fsp3) is 0.300. The summed E-state index contributed by atoms with van der Waals surface area (Å²) in [6, 6.07) is 16.7. The highest BCUT2D eigenvalue weighted by Crippen LogP contribution is 2.23. The Morgan fingerprint density at radius 3 is 2.54 bits per heavy atom. The lowest BCUT2D eigenvalue weighted by molar-refractivity contribution is 0.244. The Balaban J connectivity index is 1.68. The van der Waals surface area contributed by atoms with Crippen LogP contribution in [0.5, 0.6) is 0 Å². The number of hydrogen-bond acceptors (Lipinski definition) is 2. The molecule has 0 aromatic heterocycles. The third-order valence-electron chi connectivity index (χ3n) is 4.38. The quantitative estimate of drug-likeness (QED) is 0.767. The summed E-state index contributed by atoms with van der Waals surface area (Å²) in [5.74, 6) is 0.253. The van der Waals surface area contributed by atoms with E-state index in [1.165, 1.54) is 0 Å². The van der Waals surface area contributed by atoms with Gasteiger partial charge in [-0.05, 0) is 29.7 Å². The van der Waals surface area contributed by atoms with Gasteiger partial charge in [-0.1, -0.05) is 50.2 Å². The smallest absolute Gasteiger partial charge is 0.321 e. The van der Waals surface area contributed by atoms with Gasteiger partial charge in [0.2, 0.25) is 0 Å². The first-order valence-corrected chi connectivity index (χ1v) is 8.82. The monoisotopic (exact) mass is 352 g/mol. The Kier molecular flexibility index (Phi) is 5.41. The second-order valence-electron chi connectivity index (χ2n) is 6.66. The molecule has 1 heterocycles. The standard InChI is InChI=1S/C20H24N4O2/c1-14(2)18(15-7-4-3-5-8-15)23-19(25)22-16-9-6-10-17(13-16)24-12-11-21-20(24)26/h3-10,13-14,18H,11-12H2,1-2H3,(H,21,26)(H2,22,23,25)/t18-/m0/s1. The van der Waals surface area contributed by atoms with E-state index in [2.05, 4.69) is 29.8 Å². The van der Waals surface area contributed by atoms with Crippen molar-refractivity contribution in [1.29, 1.82) is 0 Å². The van der Waals surface area contributed by atoms with Gasteiger partial charge in [-0.2, -0.15) is 0 Å². The SMILES string of the molecule is CC(C)[C@H](NC(=O)Nc1cccc(N2CCNC2=O)c1)c1ccccc1. The molecule has 26 heavy (non-hydrogen) atoms. The van der Waals surface area contributed by atoms with Crippen molar-refractivity contribution in [3.8, 4) is 0 Å². The predicted molar refractivity (Wildman–Crippen MR) is 103 cm³/mol. The summed E-state index contributed by atoms with van der Waals surface area (Å²) in [5.41, 5.74) is 2.48. The van der Waals surface area contributed by atoms with Crippen molar-refractivity contribution in [2.24, 2.45) is 5.92 Å². The minimum absolute atomic E-state index is 0.0799. The van der Waals surface area contributed by atoms with Crippen LogP contribution in [-0.2, 0) is 0 Å². The van der Waals surface area contributed by atoms with Gasteiger partial charge in [0.05, 0.1) is 6.04 Å². The van der Waals surface area contributed by atoms with Crippen molar-refractivity contribution in [2.45, 2.75) is 19.9 Å². The van der Waals surface area contributed by atoms with E-state index in [4.69, 9.17) is 0 Å². The molecule has 6 nitrogen and oxygen atoms in total. The second-order valence-corrected chi connectivity index (χ2v) is 6.66. The van der Waals surface area contributed by atoms with Crippen LogP contribution in [0.15, 0.2) is 54.6 Å². The number of rotatable bonds is 5. The van der Waals surface area contributed by atoms with Crippen molar-refractivity contribution >= 4 is 23.4 Å². The van der Waals surface area contributed by atoms with Crippen molar-refractivity contribution < 1.29 is 9.59 Å². The molecule has 0 spiro atoms. The zero-order valence-electron chi connectivity index (χ0n) is 15.0. The van der Waals surface area contributed by atoms with Gasteiger partial charge < -0.3 is 16.0 Å². The summed E-state index contributed by atoms with van der Waals surface area (Å²) in [5, 5.41) is 8.68. The largest absolute Gasteiger partial charge is 0.336 e. The first-order chi connectivity index (χ1) is 12.5. The van der Waals surface area contributed by atoms with E-state index in [1.54, 1.807) is 11.0 Å². The lowest BCUT2D eigenvalue weighted by Gasteiger charge is -2.23. The van der Waals surface area contributed by atoms with Gasteiger partial charge in [0, 0.05) is 24.5 Å². The van der Waals surface area contributed by atoms with Gasteiger partial charge in [-0.3, -0.25) is 4.90 Å². The summed E-state index contributed by atoms with van der Waals surface area (Å²) >= 11 is 0. The van der Waals surface area contributed by atoms with Gasteiger partial charge in [0.25, 0.3) is 0 Å². The molecule has 0 radical (unpaired) electrons. The van der Waals surface area contributed by atoms with Crippen LogP contribution in [0.2, 0.25) is 0 Å². The Morgan fingerprint density at radius 1 is 1.12 bits per heavy atom. The molecule has 3 rings (SSSR count). The zero-order valence-corrected chi connectivity index (χ0v) is 15.0. The Bertz CT molecular complexity index is 776. The van der Waals surface area contributed by atoms with Gasteiger partial charge in [0.1, 0.15) is 0 Å². The van der Waals surface area contributed by atoms with E-state index in [0.29, 0.717) is 18.8 Å². The normalized spacial score (nSPS) is 14.9. The van der Waals surface area contributed by atoms with Gasteiger partial charge in [-0.25, -0.2) is 9.59 Å². The average molecular weight is 352 g/mol. The van der Waals surface area contributed by atoms with Crippen LogP contribution in [0.4, 0.5) is 21.0 Å². The van der Waals surface area contributed by atoms with E-state index in [9.17, 15) is 9.59 Å². The molecule has 1 fully saturated rings. The maximum atomic E-state index is 12.5. The lowest BCUT2D eigenvalue weighted by atomic mass is 9.96. The number of hydrogen-bond donors (Lipinski definition) is 3. The highest BCUT2D eigenvalue weighted by molar-refractivity contribution is 5.95. The average Bonchev–Trinajstić information content (AvgIpc) is 3.06. The number of carbonyl (C=O) groups is 2. The third kappa shape index (κ3) is 4.14. The van der Waals surface area contributed by atoms with Crippen molar-refractivity contribution in [3.05, 3.63) is 60.2 Å². The minimum Gasteiger partial charge on any atom is -0.336 e. The number of anilines is 2. The molecule has 1 saturated heterocycles. The molecule has 1 atom stereocenters. The van der Waals surface area contributed by atoms with Crippen molar-refractivity contribution in [3.63, 3.8) is 0 Å². The number of nitrogens with zero attached hydrogens (tertiary/aromatic N) is 1. The molecule has 2 aromatic carbocycles. The number of carbonyl (C=O) groups excluding carboxylic acids is 2. The van der Waals surface area contributed by atoms with E-state index < -0.39 is 0 Å². The van der Waals surface area contributed by atoms with Crippen LogP contribution in [0, 0.1) is 5.92 Å². The summed E-state index contributed by atoms with van der Waals surface area (Å²) in [6.07, 6.45) is 0. The first-order valence-electron chi connectivity index (χ1n) is 8.82. The van der Waals surface area contributed by atoms with E-state index >= 15 is 0 Å². The molecule has 0 bridgehead atoms. The molecule has 136 valence electrons. The minimum atomic E-state index is -0.268. The van der Waals surface area contributed by atoms with Gasteiger partial charge >= 0.3 is 12.1 Å². The molecule has 0 saturated carbocycles. The predicted octanol–water partition coefficient (Wildman–Crippen LogP) is 3.74. The number of nitrogens with one attached hydrogen (secondary N) is 3. The van der Waals surface area contributed by atoms with Crippen LogP contribution < -0.4 is 20.9 Å². The molecule has 4 amide bonds. The van der Waals surface area contributed by atoms with Crippen molar-refractivity contribution in [2.75, 3.05) is 23.3 Å². The number of benzene rings is 2. The van der Waals surface area contributed by atoms with Crippen LogP contribution in [-0.4, -0.2) is 25.2 Å². The number of amides is 4. The Hall–Kier alpha value is -3.02. The van der Waals surface area contributed by atoms with Crippen molar-refractivity contribution in [1.82, 2.24) is 10.6 Å². The van der Waals surface area contributed by atoms with Gasteiger partial charge in [-0.15, -0.1) is 0 Å². The summed E-state index contributed by atoms with van der Waals surface area (Å²) in [7, 11) is 0. The van der Waals surface area contributed by atoms with E-state index in [0.717, 1.165) is 11.3 Å². The fourth-order valence-corrected chi connectivity index (χ4v) is 3.07. The molecular formula is C20H24N4O2. The second kappa shape index (κ2) is 7.91. The van der Waals surface area contributed by atoms with E-state index in [1.807, 2.05) is 48.5 Å². The van der Waals surface area contributed by atoms with Crippen LogP contribution >= 0.6 is 0 Å². The summed E-state index contributed by atoms with van der Waals surface area (Å²) in [4.78, 5) is 25.9. The Morgan fingerprint density at radius 2 is 1.88 bits per heavy atom. The first kappa shape index (κ1) is 17.8. The molecule has 0 unspecified atom stereocenters. The molecule has 2 aromatic rings. The van der Waals surface area contributed by atoms with E-state index in [-0.39, 0.29) is 24.0 Å². The summed E-state index contributed by atoms with van der Waals surface area (Å²) in [6.45, 7) is 5.40. The molecule has 3 N–H and O–H groups in total. The van der Waals surface area contributed by atoms with Crippen LogP contribution in [0.3, 0.4) is 0 Å². The molecular weight excluding hydrogens is 328 g/mol. The number of urea groups is 2. The lowest BCUT2D eigenvalue weighted by Crippen LogP contribution is -2.35. The van der Waals surface area contributed by atoms with Gasteiger partial charge in [0.15, 0.2) is 0 Å². The highest BCUT2D eigenvalue weighted by Gasteiger charge is 2.22. The molecule has 6 heteroatoms. The highest BCUT2D eigenvalue weighted by atomic mass is 16.2. The maximum Gasteiger partial charge on any atom is 0.321 e. The zero-order chi connectivity index (χ0) is 18.5. The molecule has 1 aliphatic heterocycles. The maximum absolute atomic E-state index is 12.5. The van der Waals surface area contributed by atoms with Crippen LogP contribution in [0.25, 0.3) is 0 Å². The molecule has 0 aliphatic carbocycles.